The fraction of sp³-hybridized carbons (Fsp3) is 0.375. The van der Waals surface area contributed by atoms with Gasteiger partial charge < -0.3 is 20.1 Å². The number of carbonyl (C=O) groups is 3. The van der Waals surface area contributed by atoms with Gasteiger partial charge in [-0.25, -0.2) is 4.79 Å². The molecule has 0 aromatic heterocycles. The summed E-state index contributed by atoms with van der Waals surface area (Å²) in [6.45, 7) is 2.32. The summed E-state index contributed by atoms with van der Waals surface area (Å²) in [6.07, 6.45) is -0.0271. The number of aliphatic carboxylic acids is 1. The Morgan fingerprint density at radius 1 is 1.06 bits per heavy atom. The summed E-state index contributed by atoms with van der Waals surface area (Å²) >= 11 is 0. The van der Waals surface area contributed by atoms with Gasteiger partial charge in [-0.3, -0.25) is 9.59 Å². The molecule has 0 fully saturated rings. The molecule has 31 heavy (non-hydrogen) atoms. The number of benzene rings is 2. The van der Waals surface area contributed by atoms with Crippen LogP contribution in [0.4, 0.5) is 4.79 Å². The van der Waals surface area contributed by atoms with Crippen molar-refractivity contribution in [3.05, 3.63) is 59.7 Å². The number of amides is 2. The average molecular weight is 424 g/mol. The molecule has 1 aliphatic carbocycles. The van der Waals surface area contributed by atoms with Crippen molar-refractivity contribution in [3.8, 4) is 11.1 Å². The SMILES string of the molecule is C[C@@H](CC(=O)N(C)CCCC(=O)O)NC(=O)OCC1c2ccccc2-c2ccccc21. The lowest BCUT2D eigenvalue weighted by molar-refractivity contribution is -0.138. The molecular weight excluding hydrogens is 396 g/mol. The summed E-state index contributed by atoms with van der Waals surface area (Å²) in [5.74, 6) is -1.06. The Morgan fingerprint density at radius 2 is 1.65 bits per heavy atom. The van der Waals surface area contributed by atoms with Crippen LogP contribution in [-0.2, 0) is 14.3 Å². The van der Waals surface area contributed by atoms with Gasteiger partial charge >= 0.3 is 12.1 Å². The Labute approximate surface area is 182 Å². The summed E-state index contributed by atoms with van der Waals surface area (Å²) < 4.78 is 5.50. The Morgan fingerprint density at radius 3 is 2.23 bits per heavy atom. The zero-order valence-corrected chi connectivity index (χ0v) is 17.8. The molecule has 0 saturated carbocycles. The molecule has 1 aliphatic rings. The number of nitrogens with one attached hydrogen (secondary N) is 1. The number of carboxylic acids is 1. The lowest BCUT2D eigenvalue weighted by atomic mass is 9.98. The quantitative estimate of drug-likeness (QED) is 0.641. The van der Waals surface area contributed by atoms with Gasteiger partial charge in [-0.2, -0.15) is 0 Å². The molecule has 0 heterocycles. The van der Waals surface area contributed by atoms with Crippen LogP contribution in [0.3, 0.4) is 0 Å². The second-order valence-corrected chi connectivity index (χ2v) is 7.89. The minimum Gasteiger partial charge on any atom is -0.481 e. The minimum atomic E-state index is -0.883. The molecule has 2 aromatic rings. The van der Waals surface area contributed by atoms with E-state index in [0.29, 0.717) is 13.0 Å². The lowest BCUT2D eigenvalue weighted by Gasteiger charge is -2.20. The van der Waals surface area contributed by atoms with Crippen molar-refractivity contribution >= 4 is 18.0 Å². The number of hydrogen-bond donors (Lipinski definition) is 2. The summed E-state index contributed by atoms with van der Waals surface area (Å²) in [7, 11) is 1.63. The number of ether oxygens (including phenoxy) is 1. The first-order valence-electron chi connectivity index (χ1n) is 10.4. The topological polar surface area (TPSA) is 95.9 Å². The van der Waals surface area contributed by atoms with Crippen LogP contribution in [0.15, 0.2) is 48.5 Å². The van der Waals surface area contributed by atoms with Crippen LogP contribution < -0.4 is 5.32 Å². The van der Waals surface area contributed by atoms with E-state index in [2.05, 4.69) is 29.6 Å². The molecule has 2 amide bonds. The smallest absolute Gasteiger partial charge is 0.407 e. The van der Waals surface area contributed by atoms with E-state index < -0.39 is 18.1 Å². The van der Waals surface area contributed by atoms with E-state index in [9.17, 15) is 14.4 Å². The van der Waals surface area contributed by atoms with Crippen LogP contribution >= 0.6 is 0 Å². The van der Waals surface area contributed by atoms with Crippen molar-refractivity contribution < 1.29 is 24.2 Å². The molecule has 0 radical (unpaired) electrons. The fourth-order valence-electron chi connectivity index (χ4n) is 3.90. The van der Waals surface area contributed by atoms with Crippen molar-refractivity contribution in [2.45, 2.75) is 38.1 Å². The van der Waals surface area contributed by atoms with Crippen molar-refractivity contribution in [2.24, 2.45) is 0 Å². The fourth-order valence-corrected chi connectivity index (χ4v) is 3.90. The monoisotopic (exact) mass is 424 g/mol. The van der Waals surface area contributed by atoms with Gasteiger partial charge in [0.05, 0.1) is 0 Å². The lowest BCUT2D eigenvalue weighted by Crippen LogP contribution is -2.39. The first kappa shape index (κ1) is 22.3. The number of fused-ring (bicyclic) bond motifs is 3. The van der Waals surface area contributed by atoms with E-state index in [4.69, 9.17) is 9.84 Å². The molecule has 3 rings (SSSR count). The van der Waals surface area contributed by atoms with Gasteiger partial charge in [0, 0.05) is 38.4 Å². The normalized spacial score (nSPS) is 13.1. The highest BCUT2D eigenvalue weighted by Gasteiger charge is 2.29. The zero-order chi connectivity index (χ0) is 22.4. The van der Waals surface area contributed by atoms with Crippen molar-refractivity contribution in [2.75, 3.05) is 20.2 Å². The minimum absolute atomic E-state index is 0.0181. The summed E-state index contributed by atoms with van der Waals surface area (Å²) in [4.78, 5) is 36.6. The second-order valence-electron chi connectivity index (χ2n) is 7.89. The molecule has 0 aliphatic heterocycles. The number of nitrogens with zero attached hydrogens (tertiary/aromatic N) is 1. The third kappa shape index (κ3) is 5.63. The van der Waals surface area contributed by atoms with E-state index in [1.807, 2.05) is 24.3 Å². The Bertz CT molecular complexity index is 913. The maximum Gasteiger partial charge on any atom is 0.407 e. The number of carbonyl (C=O) groups excluding carboxylic acids is 2. The van der Waals surface area contributed by atoms with Crippen LogP contribution in [0.25, 0.3) is 11.1 Å². The van der Waals surface area contributed by atoms with E-state index in [1.165, 1.54) is 4.90 Å². The van der Waals surface area contributed by atoms with E-state index in [1.54, 1.807) is 14.0 Å². The van der Waals surface area contributed by atoms with Crippen LogP contribution in [0.1, 0.15) is 43.2 Å². The highest BCUT2D eigenvalue weighted by atomic mass is 16.5. The first-order valence-corrected chi connectivity index (χ1v) is 10.4. The molecule has 7 nitrogen and oxygen atoms in total. The van der Waals surface area contributed by atoms with Crippen LogP contribution in [0, 0.1) is 0 Å². The maximum atomic E-state index is 12.3. The Balaban J connectivity index is 1.49. The molecule has 164 valence electrons. The molecule has 7 heteroatoms. The largest absolute Gasteiger partial charge is 0.481 e. The molecule has 0 spiro atoms. The molecule has 2 N–H and O–H groups in total. The molecule has 0 saturated heterocycles. The zero-order valence-electron chi connectivity index (χ0n) is 17.8. The van der Waals surface area contributed by atoms with Gasteiger partial charge in [0.2, 0.25) is 5.91 Å². The van der Waals surface area contributed by atoms with Gasteiger partial charge in [-0.05, 0) is 35.6 Å². The van der Waals surface area contributed by atoms with E-state index in [0.717, 1.165) is 22.3 Å². The average Bonchev–Trinajstić information content (AvgIpc) is 3.05. The Hall–Kier alpha value is -3.35. The molecule has 2 aromatic carbocycles. The number of rotatable bonds is 9. The van der Waals surface area contributed by atoms with Crippen molar-refractivity contribution in [1.82, 2.24) is 10.2 Å². The molecule has 0 bridgehead atoms. The van der Waals surface area contributed by atoms with Gasteiger partial charge in [-0.15, -0.1) is 0 Å². The maximum absolute atomic E-state index is 12.3. The number of carboxylic acid groups (broad SMARTS) is 1. The molecule has 1 atom stereocenters. The van der Waals surface area contributed by atoms with Gasteiger partial charge in [-0.1, -0.05) is 48.5 Å². The highest BCUT2D eigenvalue weighted by Crippen LogP contribution is 2.44. The van der Waals surface area contributed by atoms with Crippen LogP contribution in [0.5, 0.6) is 0 Å². The highest BCUT2D eigenvalue weighted by molar-refractivity contribution is 5.79. The van der Waals surface area contributed by atoms with Crippen LogP contribution in [-0.4, -0.2) is 54.2 Å². The third-order valence-electron chi connectivity index (χ3n) is 5.50. The van der Waals surface area contributed by atoms with E-state index >= 15 is 0 Å². The standard InChI is InChI=1S/C24H28N2O5/c1-16(14-22(27)26(2)13-7-12-23(28)29)25-24(30)31-15-21-19-10-5-3-8-17(19)18-9-4-6-11-20(18)21/h3-6,8-11,16,21H,7,12-15H2,1-2H3,(H,25,30)(H,28,29)/t16-/m0/s1. The summed E-state index contributed by atoms with van der Waals surface area (Å²) in [6, 6.07) is 15.8. The van der Waals surface area contributed by atoms with Gasteiger partial charge in [0.1, 0.15) is 6.61 Å². The van der Waals surface area contributed by atoms with Crippen molar-refractivity contribution in [1.29, 1.82) is 0 Å². The Kier molecular flexibility index (Phi) is 7.28. The molecular formula is C24H28N2O5. The van der Waals surface area contributed by atoms with Gasteiger partial charge in [0.25, 0.3) is 0 Å². The summed E-state index contributed by atoms with van der Waals surface area (Å²) in [5.41, 5.74) is 4.61. The van der Waals surface area contributed by atoms with Crippen LogP contribution in [0.2, 0.25) is 0 Å². The first-order chi connectivity index (χ1) is 14.9. The summed E-state index contributed by atoms with van der Waals surface area (Å²) in [5, 5.41) is 11.4. The predicted molar refractivity (Wildman–Crippen MR) is 117 cm³/mol. The number of hydrogen-bond acceptors (Lipinski definition) is 4. The van der Waals surface area contributed by atoms with Crippen molar-refractivity contribution in [3.63, 3.8) is 0 Å². The van der Waals surface area contributed by atoms with E-state index in [-0.39, 0.29) is 31.3 Å². The molecule has 0 unspecified atom stereocenters. The second kappa shape index (κ2) is 10.1. The third-order valence-corrected chi connectivity index (χ3v) is 5.50. The van der Waals surface area contributed by atoms with Gasteiger partial charge in [0.15, 0.2) is 0 Å². The predicted octanol–water partition coefficient (Wildman–Crippen LogP) is 3.63. The number of alkyl carbamates (subject to hydrolysis) is 1.